The molecule has 0 atom stereocenters. The molecule has 6 amide bonds. The van der Waals surface area contributed by atoms with E-state index in [1.54, 1.807) is 0 Å². The molecule has 1 aliphatic carbocycles. The first kappa shape index (κ1) is 20.3. The van der Waals surface area contributed by atoms with Crippen molar-refractivity contribution in [2.24, 2.45) is 0 Å². The fraction of sp³-hybridized carbons (Fsp3) is 0.421. The summed E-state index contributed by atoms with van der Waals surface area (Å²) in [6.45, 7) is 2.61. The Morgan fingerprint density at radius 2 is 1.48 bits per heavy atom. The fourth-order valence-corrected chi connectivity index (χ4v) is 3.69. The zero-order chi connectivity index (χ0) is 21.2. The van der Waals surface area contributed by atoms with Crippen LogP contribution in [0.2, 0.25) is 0 Å². The smallest absolute Gasteiger partial charge is 0.326 e. The summed E-state index contributed by atoms with van der Waals surface area (Å²) < 4.78 is 0. The molecule has 10 heteroatoms. The zero-order valence-corrected chi connectivity index (χ0v) is 16.3. The van der Waals surface area contributed by atoms with E-state index < -0.39 is 23.4 Å². The minimum absolute atomic E-state index is 0.0604. The summed E-state index contributed by atoms with van der Waals surface area (Å²) >= 11 is 0. The van der Waals surface area contributed by atoms with E-state index in [2.05, 4.69) is 21.4 Å². The Kier molecular flexibility index (Phi) is 5.53. The molecule has 1 aliphatic heterocycles. The maximum absolute atomic E-state index is 12.8. The van der Waals surface area contributed by atoms with Crippen LogP contribution in [-0.2, 0) is 14.4 Å². The normalized spacial score (nSPS) is 17.7. The van der Waals surface area contributed by atoms with Crippen molar-refractivity contribution in [2.75, 3.05) is 10.6 Å². The van der Waals surface area contributed by atoms with Crippen molar-refractivity contribution in [1.29, 1.82) is 0 Å². The van der Waals surface area contributed by atoms with Crippen LogP contribution in [0.5, 0.6) is 0 Å². The quantitative estimate of drug-likeness (QED) is 0.567. The summed E-state index contributed by atoms with van der Waals surface area (Å²) in [6.07, 6.45) is 3.72. The Morgan fingerprint density at radius 1 is 0.931 bits per heavy atom. The highest BCUT2D eigenvalue weighted by molar-refractivity contribution is 6.09. The molecule has 0 bridgehead atoms. The van der Waals surface area contributed by atoms with Crippen LogP contribution in [0.4, 0.5) is 16.2 Å². The number of amides is 6. The number of hydrogen-bond acceptors (Lipinski definition) is 5. The molecule has 0 aromatic heterocycles. The van der Waals surface area contributed by atoms with Gasteiger partial charge in [-0.05, 0) is 31.0 Å². The lowest BCUT2D eigenvalue weighted by molar-refractivity contribution is -0.134. The molecule has 10 nitrogen and oxygen atoms in total. The van der Waals surface area contributed by atoms with Gasteiger partial charge in [0.2, 0.25) is 11.8 Å². The van der Waals surface area contributed by atoms with Gasteiger partial charge in [0, 0.05) is 30.8 Å². The van der Waals surface area contributed by atoms with Crippen LogP contribution in [0, 0.1) is 0 Å². The van der Waals surface area contributed by atoms with Crippen molar-refractivity contribution in [3.05, 3.63) is 23.8 Å². The Hall–Kier alpha value is -3.43. The molecule has 1 spiro atoms. The van der Waals surface area contributed by atoms with Gasteiger partial charge in [-0.15, -0.1) is 0 Å². The van der Waals surface area contributed by atoms with E-state index >= 15 is 0 Å². The molecule has 154 valence electrons. The Balaban J connectivity index is 1.82. The molecule has 1 aromatic rings. The van der Waals surface area contributed by atoms with Gasteiger partial charge in [0.05, 0.1) is 0 Å². The van der Waals surface area contributed by atoms with Gasteiger partial charge in [0.1, 0.15) is 5.54 Å². The first-order valence-electron chi connectivity index (χ1n) is 9.38. The third kappa shape index (κ3) is 4.36. The first-order valence-corrected chi connectivity index (χ1v) is 9.38. The Labute approximate surface area is 167 Å². The molecule has 0 unspecified atom stereocenters. The maximum Gasteiger partial charge on any atom is 0.344 e. The molecule has 2 fully saturated rings. The molecular weight excluding hydrogens is 378 g/mol. The molecular formula is C19H23N5O5. The minimum atomic E-state index is -0.956. The highest BCUT2D eigenvalue weighted by Gasteiger charge is 2.52. The van der Waals surface area contributed by atoms with Crippen LogP contribution in [-0.4, -0.2) is 40.2 Å². The molecule has 29 heavy (non-hydrogen) atoms. The van der Waals surface area contributed by atoms with Crippen LogP contribution in [0.1, 0.15) is 56.3 Å². The van der Waals surface area contributed by atoms with Crippen molar-refractivity contribution in [2.45, 2.75) is 51.5 Å². The highest BCUT2D eigenvalue weighted by Crippen LogP contribution is 2.33. The lowest BCUT2D eigenvalue weighted by Crippen LogP contribution is -2.50. The van der Waals surface area contributed by atoms with Gasteiger partial charge in [0.15, 0.2) is 0 Å². The molecule has 1 saturated heterocycles. The Bertz CT molecular complexity index is 857. The second-order valence-corrected chi connectivity index (χ2v) is 7.32. The number of hydrazine groups is 1. The van der Waals surface area contributed by atoms with E-state index in [1.165, 1.54) is 32.0 Å². The topological polar surface area (TPSA) is 137 Å². The molecule has 4 N–H and O–H groups in total. The SMILES string of the molecule is CC(=O)Nc1cc(NC(C)=O)cc(C(=O)NN2C(=O)NC3(CCCCC3)C2=O)c1. The van der Waals surface area contributed by atoms with Crippen LogP contribution in [0.15, 0.2) is 18.2 Å². The third-order valence-electron chi connectivity index (χ3n) is 4.92. The maximum atomic E-state index is 12.8. The average molecular weight is 401 g/mol. The van der Waals surface area contributed by atoms with E-state index in [-0.39, 0.29) is 28.8 Å². The summed E-state index contributed by atoms with van der Waals surface area (Å²) in [5, 5.41) is 8.50. The lowest BCUT2D eigenvalue weighted by atomic mass is 9.82. The Morgan fingerprint density at radius 3 is 2.00 bits per heavy atom. The molecule has 3 rings (SSSR count). The van der Waals surface area contributed by atoms with Gasteiger partial charge < -0.3 is 16.0 Å². The summed E-state index contributed by atoms with van der Waals surface area (Å²) in [5.41, 5.74) is 2.01. The van der Waals surface area contributed by atoms with Gasteiger partial charge in [-0.1, -0.05) is 19.3 Å². The number of rotatable bonds is 4. The molecule has 1 heterocycles. The number of nitrogens with one attached hydrogen (secondary N) is 4. The second kappa shape index (κ2) is 7.90. The zero-order valence-electron chi connectivity index (χ0n) is 16.3. The predicted octanol–water partition coefficient (Wildman–Crippen LogP) is 1.50. The van der Waals surface area contributed by atoms with Gasteiger partial charge in [-0.2, -0.15) is 5.01 Å². The molecule has 1 aromatic carbocycles. The van der Waals surface area contributed by atoms with Crippen molar-refractivity contribution in [1.82, 2.24) is 15.8 Å². The summed E-state index contributed by atoms with van der Waals surface area (Å²) in [4.78, 5) is 60.6. The largest absolute Gasteiger partial charge is 0.344 e. The third-order valence-corrected chi connectivity index (χ3v) is 4.92. The molecule has 2 aliphatic rings. The van der Waals surface area contributed by atoms with Crippen molar-refractivity contribution in [3.63, 3.8) is 0 Å². The molecule has 1 saturated carbocycles. The van der Waals surface area contributed by atoms with Crippen molar-refractivity contribution in [3.8, 4) is 0 Å². The van der Waals surface area contributed by atoms with Crippen molar-refractivity contribution < 1.29 is 24.0 Å². The van der Waals surface area contributed by atoms with Gasteiger partial charge >= 0.3 is 6.03 Å². The second-order valence-electron chi connectivity index (χ2n) is 7.32. The minimum Gasteiger partial charge on any atom is -0.326 e. The fourth-order valence-electron chi connectivity index (χ4n) is 3.69. The summed E-state index contributed by atoms with van der Waals surface area (Å²) in [5.74, 6) is -1.91. The van der Waals surface area contributed by atoms with Crippen molar-refractivity contribution >= 4 is 41.0 Å². The lowest BCUT2D eigenvalue weighted by Gasteiger charge is -2.30. The number of anilines is 2. The van der Waals surface area contributed by atoms with E-state index in [0.29, 0.717) is 17.9 Å². The van der Waals surface area contributed by atoms with E-state index in [1.807, 2.05) is 0 Å². The van der Waals surface area contributed by atoms with Gasteiger partial charge in [-0.25, -0.2) is 4.79 Å². The standard InChI is InChI=1S/C19H23N5O5/c1-11(25)20-14-8-13(9-15(10-14)21-12(2)26)16(27)23-24-17(28)19(22-18(24)29)6-4-3-5-7-19/h8-10H,3-7H2,1-2H3,(H,20,25)(H,21,26)(H,22,29)(H,23,27). The van der Waals surface area contributed by atoms with Gasteiger partial charge in [0.25, 0.3) is 11.8 Å². The average Bonchev–Trinajstić information content (AvgIpc) is 2.85. The number of carbonyl (C=O) groups excluding carboxylic acids is 5. The van der Waals surface area contributed by atoms with Gasteiger partial charge in [-0.3, -0.25) is 24.6 Å². The number of hydrogen-bond donors (Lipinski definition) is 4. The van der Waals surface area contributed by atoms with Crippen LogP contribution in [0.3, 0.4) is 0 Å². The van der Waals surface area contributed by atoms with E-state index in [0.717, 1.165) is 19.3 Å². The van der Waals surface area contributed by atoms with Crippen LogP contribution < -0.4 is 21.4 Å². The highest BCUT2D eigenvalue weighted by atomic mass is 16.2. The van der Waals surface area contributed by atoms with Crippen LogP contribution in [0.25, 0.3) is 0 Å². The number of imide groups is 1. The monoisotopic (exact) mass is 401 g/mol. The number of urea groups is 1. The van der Waals surface area contributed by atoms with Crippen LogP contribution >= 0.6 is 0 Å². The van der Waals surface area contributed by atoms with E-state index in [4.69, 9.17) is 0 Å². The number of carbonyl (C=O) groups is 5. The first-order chi connectivity index (χ1) is 13.7. The molecule has 0 radical (unpaired) electrons. The van der Waals surface area contributed by atoms with E-state index in [9.17, 15) is 24.0 Å². The summed E-state index contributed by atoms with van der Waals surface area (Å²) in [7, 11) is 0. The number of nitrogens with zero attached hydrogens (tertiary/aromatic N) is 1. The number of benzene rings is 1. The predicted molar refractivity (Wildman–Crippen MR) is 104 cm³/mol. The summed E-state index contributed by atoms with van der Waals surface area (Å²) in [6, 6.07) is 3.59.